The van der Waals surface area contributed by atoms with Gasteiger partial charge in [0.05, 0.1) is 21.2 Å². The Morgan fingerprint density at radius 3 is 2.72 bits per heavy atom. The average molecular weight is 450 g/mol. The maximum absolute atomic E-state index is 12.7. The Labute approximate surface area is 174 Å². The quantitative estimate of drug-likeness (QED) is 0.326. The number of nitro benzene ring substituents is 1. The van der Waals surface area contributed by atoms with Gasteiger partial charge in [0.15, 0.2) is 4.90 Å². The van der Waals surface area contributed by atoms with Crippen LogP contribution in [0.3, 0.4) is 0 Å². The van der Waals surface area contributed by atoms with E-state index in [-0.39, 0.29) is 11.8 Å². The first kappa shape index (κ1) is 19.8. The molecule has 3 aromatic rings. The number of hydrogen-bond acceptors (Lipinski definition) is 9. The van der Waals surface area contributed by atoms with Gasteiger partial charge in [-0.25, -0.2) is 4.98 Å². The zero-order chi connectivity index (χ0) is 20.8. The van der Waals surface area contributed by atoms with Crippen LogP contribution in [0.25, 0.3) is 10.2 Å². The average Bonchev–Trinajstić information content (AvgIpc) is 3.26. The Kier molecular flexibility index (Phi) is 5.05. The van der Waals surface area contributed by atoms with Crippen LogP contribution in [0, 0.1) is 17.0 Å². The van der Waals surface area contributed by atoms with Gasteiger partial charge in [-0.1, -0.05) is 6.07 Å². The molecule has 0 N–H and O–H groups in total. The molecule has 0 unspecified atom stereocenters. The van der Waals surface area contributed by atoms with E-state index in [1.165, 1.54) is 35.6 Å². The van der Waals surface area contributed by atoms with Crippen LogP contribution in [-0.2, 0) is 10.1 Å². The summed E-state index contributed by atoms with van der Waals surface area (Å²) >= 11 is 3.04. The normalized spacial score (nSPS) is 16.8. The molecule has 1 aromatic heterocycles. The lowest BCUT2D eigenvalue weighted by Gasteiger charge is -2.08. The monoisotopic (exact) mass is 449 g/mol. The van der Waals surface area contributed by atoms with Crippen LogP contribution >= 0.6 is 23.1 Å². The molecule has 150 valence electrons. The molecule has 0 spiro atoms. The van der Waals surface area contributed by atoms with E-state index < -0.39 is 25.6 Å². The molecule has 2 aromatic carbocycles. The second kappa shape index (κ2) is 7.39. The zero-order valence-electron chi connectivity index (χ0n) is 15.4. The summed E-state index contributed by atoms with van der Waals surface area (Å²) in [4.78, 5) is 19.1. The molecular formula is C18H15N3O5S3. The van der Waals surface area contributed by atoms with Gasteiger partial charge in [0, 0.05) is 17.9 Å². The van der Waals surface area contributed by atoms with Gasteiger partial charge >= 0.3 is 10.1 Å². The van der Waals surface area contributed by atoms with E-state index in [2.05, 4.69) is 9.98 Å². The number of aromatic nitrogens is 1. The van der Waals surface area contributed by atoms with E-state index in [0.29, 0.717) is 11.1 Å². The summed E-state index contributed by atoms with van der Waals surface area (Å²) < 4.78 is 31.3. The molecule has 0 amide bonds. The Bertz CT molecular complexity index is 1270. The summed E-state index contributed by atoms with van der Waals surface area (Å²) in [5.41, 5.74) is 0.770. The van der Waals surface area contributed by atoms with Crippen LogP contribution < -0.4 is 4.18 Å². The van der Waals surface area contributed by atoms with E-state index in [9.17, 15) is 18.5 Å². The third-order valence-electron chi connectivity index (χ3n) is 4.13. The van der Waals surface area contributed by atoms with Crippen molar-refractivity contribution in [2.45, 2.75) is 24.8 Å². The number of thiazole rings is 1. The van der Waals surface area contributed by atoms with Crippen molar-refractivity contribution in [1.29, 1.82) is 0 Å². The maximum Gasteiger partial charge on any atom is 0.346 e. The van der Waals surface area contributed by atoms with E-state index >= 15 is 0 Å². The van der Waals surface area contributed by atoms with Crippen LogP contribution in [0.2, 0.25) is 0 Å². The topological polar surface area (TPSA) is 112 Å². The molecule has 0 bridgehead atoms. The Hall–Kier alpha value is -2.50. The summed E-state index contributed by atoms with van der Waals surface area (Å²) in [5.74, 6) is 0.977. The summed E-state index contributed by atoms with van der Waals surface area (Å²) in [6.07, 6.45) is 0. The lowest BCUT2D eigenvalue weighted by atomic mass is 10.2. The van der Waals surface area contributed by atoms with Crippen molar-refractivity contribution >= 4 is 54.2 Å². The number of fused-ring (bicyclic) bond motifs is 1. The highest BCUT2D eigenvalue weighted by atomic mass is 32.2. The number of rotatable bonds is 5. The molecule has 1 aliphatic heterocycles. The van der Waals surface area contributed by atoms with Gasteiger partial charge in [-0.2, -0.15) is 8.42 Å². The number of benzene rings is 2. The molecule has 0 radical (unpaired) electrons. The van der Waals surface area contributed by atoms with Gasteiger partial charge in [-0.05, 0) is 37.6 Å². The number of nitrogens with zero attached hydrogens (tertiary/aromatic N) is 3. The van der Waals surface area contributed by atoms with E-state index in [1.54, 1.807) is 30.8 Å². The summed E-state index contributed by atoms with van der Waals surface area (Å²) in [6, 6.07) is 8.83. The second-order valence-electron chi connectivity index (χ2n) is 6.51. The van der Waals surface area contributed by atoms with Crippen molar-refractivity contribution in [3.63, 3.8) is 0 Å². The minimum Gasteiger partial charge on any atom is -0.379 e. The molecule has 8 nitrogen and oxygen atoms in total. The van der Waals surface area contributed by atoms with Gasteiger partial charge in [0.1, 0.15) is 15.8 Å². The van der Waals surface area contributed by atoms with Crippen LogP contribution in [0.15, 0.2) is 46.3 Å². The standard InChI is InChI=1S/C18H15N3O5S3/c1-10-3-6-16(14(7-10)21(22)23)29(24,25)26-12-4-5-13-15(8-12)28-18(20-13)17-19-11(2)9-27-17/h3-8,11H,9H2,1-2H3/t11-/m0/s1. The largest absolute Gasteiger partial charge is 0.379 e. The molecule has 1 aliphatic rings. The minimum absolute atomic E-state index is 0.0666. The fourth-order valence-electron chi connectivity index (χ4n) is 2.79. The van der Waals surface area contributed by atoms with Gasteiger partial charge in [-0.3, -0.25) is 15.1 Å². The molecule has 0 fully saturated rings. The molecule has 0 saturated heterocycles. The number of nitro groups is 1. The van der Waals surface area contributed by atoms with Crippen LogP contribution in [0.1, 0.15) is 17.5 Å². The highest BCUT2D eigenvalue weighted by Crippen LogP contribution is 2.33. The van der Waals surface area contributed by atoms with Crippen molar-refractivity contribution in [3.05, 3.63) is 57.1 Å². The molecule has 29 heavy (non-hydrogen) atoms. The van der Waals surface area contributed by atoms with E-state index in [1.807, 2.05) is 6.92 Å². The van der Waals surface area contributed by atoms with Gasteiger partial charge in [0.25, 0.3) is 5.69 Å². The molecule has 2 heterocycles. The summed E-state index contributed by atoms with van der Waals surface area (Å²) in [5, 5.41) is 12.9. The highest BCUT2D eigenvalue weighted by Gasteiger charge is 2.28. The third kappa shape index (κ3) is 3.98. The van der Waals surface area contributed by atoms with Gasteiger partial charge < -0.3 is 4.18 Å². The van der Waals surface area contributed by atoms with Crippen molar-refractivity contribution in [2.75, 3.05) is 5.75 Å². The first-order valence-electron chi connectivity index (χ1n) is 8.54. The lowest BCUT2D eigenvalue weighted by molar-refractivity contribution is -0.387. The predicted octanol–water partition coefficient (Wildman–Crippen LogP) is 4.16. The van der Waals surface area contributed by atoms with Gasteiger partial charge in [-0.15, -0.1) is 23.1 Å². The zero-order valence-corrected chi connectivity index (χ0v) is 17.8. The third-order valence-corrected chi connectivity index (χ3v) is 7.80. The molecule has 1 atom stereocenters. The first-order valence-corrected chi connectivity index (χ1v) is 11.7. The molecule has 4 rings (SSSR count). The molecule has 11 heteroatoms. The van der Waals surface area contributed by atoms with Crippen molar-refractivity contribution in [1.82, 2.24) is 4.98 Å². The smallest absolute Gasteiger partial charge is 0.346 e. The number of aliphatic imine (C=N–C) groups is 1. The van der Waals surface area contributed by atoms with Crippen LogP contribution in [-0.4, -0.2) is 35.2 Å². The second-order valence-corrected chi connectivity index (χ2v) is 10.1. The molecule has 0 saturated carbocycles. The molecule has 0 aliphatic carbocycles. The van der Waals surface area contributed by atoms with Crippen molar-refractivity contribution in [2.24, 2.45) is 4.99 Å². The fourth-order valence-corrected chi connectivity index (χ4v) is 5.95. The van der Waals surface area contributed by atoms with E-state index in [4.69, 9.17) is 4.18 Å². The highest BCUT2D eigenvalue weighted by molar-refractivity contribution is 8.15. The van der Waals surface area contributed by atoms with Crippen LogP contribution in [0.4, 0.5) is 5.69 Å². The first-order chi connectivity index (χ1) is 13.7. The van der Waals surface area contributed by atoms with E-state index in [0.717, 1.165) is 20.5 Å². The number of hydrogen-bond donors (Lipinski definition) is 0. The van der Waals surface area contributed by atoms with Crippen molar-refractivity contribution < 1.29 is 17.5 Å². The number of thioether (sulfide) groups is 1. The molecular weight excluding hydrogens is 434 g/mol. The Balaban J connectivity index is 1.67. The van der Waals surface area contributed by atoms with Crippen molar-refractivity contribution in [3.8, 4) is 5.75 Å². The Morgan fingerprint density at radius 2 is 2.03 bits per heavy atom. The Morgan fingerprint density at radius 1 is 1.24 bits per heavy atom. The maximum atomic E-state index is 12.7. The minimum atomic E-state index is -4.38. The summed E-state index contributed by atoms with van der Waals surface area (Å²) in [6.45, 7) is 3.68. The number of aryl methyl sites for hydroxylation is 1. The summed E-state index contributed by atoms with van der Waals surface area (Å²) in [7, 11) is -4.38. The lowest BCUT2D eigenvalue weighted by Crippen LogP contribution is -2.12. The SMILES string of the molecule is Cc1ccc(S(=O)(=O)Oc2ccc3nc(C4=N[C@@H](C)CS4)sc3c2)c([N+](=O)[O-])c1. The fraction of sp³-hybridized carbons (Fsp3) is 0.222. The van der Waals surface area contributed by atoms with Crippen LogP contribution in [0.5, 0.6) is 5.75 Å². The van der Waals surface area contributed by atoms with Gasteiger partial charge in [0.2, 0.25) is 0 Å². The predicted molar refractivity (Wildman–Crippen MR) is 114 cm³/mol.